The lowest BCUT2D eigenvalue weighted by molar-refractivity contribution is 0.628. The van der Waals surface area contributed by atoms with Gasteiger partial charge in [-0.2, -0.15) is 4.68 Å². The molecule has 0 aliphatic heterocycles. The molecule has 0 fully saturated rings. The molecule has 1 aromatic heterocycles. The Bertz CT molecular complexity index is 847. The lowest BCUT2D eigenvalue weighted by Gasteiger charge is -2.03. The Hall–Kier alpha value is -2.25. The van der Waals surface area contributed by atoms with Gasteiger partial charge in [0.2, 0.25) is 0 Å². The van der Waals surface area contributed by atoms with Crippen molar-refractivity contribution in [2.24, 2.45) is 0 Å². The van der Waals surface area contributed by atoms with Gasteiger partial charge >= 0.3 is 0 Å². The lowest BCUT2D eigenvalue weighted by Crippen LogP contribution is -1.99. The van der Waals surface area contributed by atoms with E-state index in [9.17, 15) is 4.39 Å². The lowest BCUT2D eigenvalue weighted by atomic mass is 10.3. The van der Waals surface area contributed by atoms with E-state index in [1.807, 2.05) is 24.3 Å². The van der Waals surface area contributed by atoms with Crippen molar-refractivity contribution >= 4 is 39.3 Å². The zero-order valence-electron chi connectivity index (χ0n) is 11.6. The Morgan fingerprint density at radius 1 is 1.17 bits per heavy atom. The van der Waals surface area contributed by atoms with E-state index in [0.29, 0.717) is 11.5 Å². The molecule has 2 aromatic carbocycles. The molecule has 3 rings (SSSR count). The summed E-state index contributed by atoms with van der Waals surface area (Å²) in [6.45, 7) is 0. The first-order valence-corrected chi connectivity index (χ1v) is 7.73. The highest BCUT2D eigenvalue weighted by molar-refractivity contribution is 9.10. The molecule has 0 radical (unpaired) electrons. The summed E-state index contributed by atoms with van der Waals surface area (Å²) in [5, 5.41) is 14.6. The molecule has 0 amide bonds. The van der Waals surface area contributed by atoms with Crippen LogP contribution in [0, 0.1) is 5.82 Å². The molecule has 0 atom stereocenters. The van der Waals surface area contributed by atoms with Crippen LogP contribution in [0.4, 0.5) is 10.1 Å². The molecule has 0 aliphatic rings. The van der Waals surface area contributed by atoms with E-state index < -0.39 is 5.82 Å². The van der Waals surface area contributed by atoms with Crippen LogP contribution in [0.15, 0.2) is 53.1 Å². The van der Waals surface area contributed by atoms with Crippen molar-refractivity contribution in [3.8, 4) is 5.69 Å². The van der Waals surface area contributed by atoms with Crippen molar-refractivity contribution < 1.29 is 4.39 Å². The summed E-state index contributed by atoms with van der Waals surface area (Å²) in [6, 6.07) is 12.0. The number of anilines is 1. The van der Waals surface area contributed by atoms with Gasteiger partial charge in [0.15, 0.2) is 5.82 Å². The number of benzene rings is 2. The quantitative estimate of drug-likeness (QED) is 0.717. The Balaban J connectivity index is 1.77. The maximum Gasteiger partial charge on any atom is 0.181 e. The summed E-state index contributed by atoms with van der Waals surface area (Å²) < 4.78 is 15.7. The third-order valence-corrected chi connectivity index (χ3v) is 3.79. The Labute approximate surface area is 144 Å². The summed E-state index contributed by atoms with van der Waals surface area (Å²) in [5.41, 5.74) is 1.50. The molecule has 8 heteroatoms. The molecule has 23 heavy (non-hydrogen) atoms. The highest BCUT2D eigenvalue weighted by Crippen LogP contribution is 2.19. The zero-order chi connectivity index (χ0) is 16.2. The smallest absolute Gasteiger partial charge is 0.181 e. The molecule has 0 unspecified atom stereocenters. The molecule has 0 saturated carbocycles. The van der Waals surface area contributed by atoms with Crippen molar-refractivity contribution in [3.05, 3.63) is 69.8 Å². The molecule has 5 nitrogen and oxygen atoms in total. The fourth-order valence-electron chi connectivity index (χ4n) is 1.86. The van der Waals surface area contributed by atoms with Gasteiger partial charge in [-0.25, -0.2) is 4.39 Å². The number of aromatic nitrogens is 4. The minimum absolute atomic E-state index is 0.0584. The number of hydrogen-bond acceptors (Lipinski definition) is 4. The molecule has 0 spiro atoms. The maximum absolute atomic E-state index is 13.1. The van der Waals surface area contributed by atoms with Crippen LogP contribution in [0.1, 0.15) is 5.82 Å². The number of rotatable bonds is 4. The topological polar surface area (TPSA) is 55.6 Å². The number of tetrazole rings is 1. The van der Waals surface area contributed by atoms with E-state index in [2.05, 4.69) is 36.8 Å². The van der Waals surface area contributed by atoms with Gasteiger partial charge in [-0.15, -0.1) is 5.10 Å². The van der Waals surface area contributed by atoms with Crippen molar-refractivity contribution in [1.82, 2.24) is 20.2 Å². The van der Waals surface area contributed by atoms with Crippen molar-refractivity contribution in [2.75, 3.05) is 5.32 Å². The average molecular weight is 395 g/mol. The highest BCUT2D eigenvalue weighted by atomic mass is 79.9. The van der Waals surface area contributed by atoms with Crippen LogP contribution < -0.4 is 5.32 Å². The second kappa shape index (κ2) is 6.89. The van der Waals surface area contributed by atoms with Gasteiger partial charge in [-0.3, -0.25) is 0 Å². The highest BCUT2D eigenvalue weighted by Gasteiger charge is 2.05. The van der Waals surface area contributed by atoms with E-state index in [0.717, 1.165) is 10.2 Å². The van der Waals surface area contributed by atoms with E-state index in [1.165, 1.54) is 12.1 Å². The fraction of sp³-hybridized carbons (Fsp3) is 0. The molecular weight excluding hydrogens is 385 g/mol. The largest absolute Gasteiger partial charge is 0.362 e. The molecule has 0 bridgehead atoms. The predicted molar refractivity (Wildman–Crippen MR) is 90.9 cm³/mol. The fourth-order valence-corrected chi connectivity index (χ4v) is 2.31. The van der Waals surface area contributed by atoms with Crippen LogP contribution in [0.3, 0.4) is 0 Å². The van der Waals surface area contributed by atoms with E-state index in [-0.39, 0.29) is 5.02 Å². The van der Waals surface area contributed by atoms with Crippen LogP contribution in [-0.2, 0) is 0 Å². The molecule has 1 N–H and O–H groups in total. The normalized spacial score (nSPS) is 11.1. The molecular formula is C15H10BrClFN5. The van der Waals surface area contributed by atoms with Crippen LogP contribution in [0.25, 0.3) is 11.8 Å². The molecule has 3 aromatic rings. The van der Waals surface area contributed by atoms with Gasteiger partial charge < -0.3 is 5.32 Å². The number of nitrogens with zero attached hydrogens (tertiary/aromatic N) is 4. The molecule has 1 heterocycles. The first-order chi connectivity index (χ1) is 11.1. The third kappa shape index (κ3) is 3.75. The summed E-state index contributed by atoms with van der Waals surface area (Å²) >= 11 is 9.11. The summed E-state index contributed by atoms with van der Waals surface area (Å²) in [7, 11) is 0. The Morgan fingerprint density at radius 2 is 1.96 bits per heavy atom. The maximum atomic E-state index is 13.1. The van der Waals surface area contributed by atoms with Gasteiger partial charge in [0, 0.05) is 22.4 Å². The Morgan fingerprint density at radius 3 is 2.70 bits per heavy atom. The van der Waals surface area contributed by atoms with Gasteiger partial charge in [-0.1, -0.05) is 27.5 Å². The van der Waals surface area contributed by atoms with Crippen LogP contribution in [0.2, 0.25) is 5.02 Å². The second-order valence-corrected chi connectivity index (χ2v) is 5.85. The van der Waals surface area contributed by atoms with Gasteiger partial charge in [0.1, 0.15) is 5.82 Å². The van der Waals surface area contributed by atoms with Crippen LogP contribution in [0.5, 0.6) is 0 Å². The monoisotopic (exact) mass is 393 g/mol. The minimum Gasteiger partial charge on any atom is -0.362 e. The zero-order valence-corrected chi connectivity index (χ0v) is 14.0. The number of hydrogen-bond donors (Lipinski definition) is 1. The summed E-state index contributed by atoms with van der Waals surface area (Å²) in [6.07, 6.45) is 3.37. The SMILES string of the molecule is Fc1ccc(N/C=C\c2nnnn2-c2ccc(Br)cc2)cc1Cl. The molecule has 116 valence electrons. The van der Waals surface area contributed by atoms with E-state index in [1.54, 1.807) is 23.0 Å². The standard InChI is InChI=1S/C15H10BrClFN5/c16-10-1-4-12(5-2-10)23-15(20-21-22-23)7-8-19-11-3-6-14(18)13(17)9-11/h1-9,19H/b8-7-. The van der Waals surface area contributed by atoms with Crippen LogP contribution >= 0.6 is 27.5 Å². The average Bonchev–Trinajstić information content (AvgIpc) is 3.00. The van der Waals surface area contributed by atoms with Gasteiger partial charge in [0.05, 0.1) is 10.7 Å². The number of nitrogens with one attached hydrogen (secondary N) is 1. The van der Waals surface area contributed by atoms with Crippen molar-refractivity contribution in [2.45, 2.75) is 0 Å². The first kappa shape index (κ1) is 15.6. The second-order valence-electron chi connectivity index (χ2n) is 4.53. The first-order valence-electron chi connectivity index (χ1n) is 6.56. The summed E-state index contributed by atoms with van der Waals surface area (Å²) in [4.78, 5) is 0. The van der Waals surface area contributed by atoms with Gasteiger partial charge in [0.25, 0.3) is 0 Å². The van der Waals surface area contributed by atoms with Crippen molar-refractivity contribution in [1.29, 1.82) is 0 Å². The van der Waals surface area contributed by atoms with E-state index in [4.69, 9.17) is 11.6 Å². The third-order valence-electron chi connectivity index (χ3n) is 2.97. The van der Waals surface area contributed by atoms with Gasteiger partial charge in [-0.05, 0) is 52.9 Å². The molecule has 0 saturated heterocycles. The number of halogens is 3. The summed E-state index contributed by atoms with van der Waals surface area (Å²) in [5.74, 6) is 0.0911. The van der Waals surface area contributed by atoms with E-state index >= 15 is 0 Å². The Kier molecular flexibility index (Phi) is 4.68. The molecule has 0 aliphatic carbocycles. The van der Waals surface area contributed by atoms with Crippen LogP contribution in [-0.4, -0.2) is 20.2 Å². The predicted octanol–water partition coefficient (Wildman–Crippen LogP) is 4.30. The van der Waals surface area contributed by atoms with Crippen molar-refractivity contribution in [3.63, 3.8) is 0 Å². The minimum atomic E-state index is -0.458.